The maximum atomic E-state index is 14.5. The molecular weight excluding hydrogens is 534 g/mol. The molecule has 9 heteroatoms. The van der Waals surface area contributed by atoms with E-state index in [-0.39, 0.29) is 30.9 Å². The summed E-state index contributed by atoms with van der Waals surface area (Å²) in [5, 5.41) is 9.45. The number of hydrogen-bond donors (Lipinski definition) is 1. The molecule has 1 aromatic carbocycles. The van der Waals surface area contributed by atoms with Crippen LogP contribution >= 0.6 is 0 Å². The van der Waals surface area contributed by atoms with E-state index in [0.29, 0.717) is 56.8 Å². The van der Waals surface area contributed by atoms with Crippen LogP contribution in [0.5, 0.6) is 5.75 Å². The van der Waals surface area contributed by atoms with Gasteiger partial charge in [0.1, 0.15) is 17.4 Å². The fourth-order valence-corrected chi connectivity index (χ4v) is 7.20. The minimum atomic E-state index is -1.12. The Hall–Kier alpha value is -3.17. The van der Waals surface area contributed by atoms with Gasteiger partial charge in [0.15, 0.2) is 0 Å². The minimum absolute atomic E-state index is 0.00588. The van der Waals surface area contributed by atoms with Gasteiger partial charge in [0.25, 0.3) is 0 Å². The highest BCUT2D eigenvalue weighted by molar-refractivity contribution is 6.03. The van der Waals surface area contributed by atoms with E-state index in [9.17, 15) is 19.5 Å². The molecule has 230 valence electrons. The average Bonchev–Trinajstić information content (AvgIpc) is 3.50. The van der Waals surface area contributed by atoms with Gasteiger partial charge in [-0.15, -0.1) is 13.2 Å². The van der Waals surface area contributed by atoms with Crippen molar-refractivity contribution in [3.63, 3.8) is 0 Å². The third kappa shape index (κ3) is 5.37. The van der Waals surface area contributed by atoms with Crippen LogP contribution in [0.1, 0.15) is 60.3 Å². The molecule has 4 rings (SSSR count). The maximum Gasteiger partial charge on any atom is 0.249 e. The number of benzene rings is 1. The number of amides is 3. The average molecular weight is 582 g/mol. The summed E-state index contributed by atoms with van der Waals surface area (Å²) in [5.41, 5.74) is -1.87. The van der Waals surface area contributed by atoms with Crippen molar-refractivity contribution in [3.8, 4) is 5.75 Å². The van der Waals surface area contributed by atoms with Gasteiger partial charge in [0.05, 0.1) is 24.0 Å². The highest BCUT2D eigenvalue weighted by Crippen LogP contribution is 2.63. The molecule has 42 heavy (non-hydrogen) atoms. The number of rotatable bonds is 13. The zero-order valence-electron chi connectivity index (χ0n) is 25.8. The van der Waals surface area contributed by atoms with Gasteiger partial charge in [-0.1, -0.05) is 12.2 Å². The first kappa shape index (κ1) is 31.8. The number of carbonyl (C=O) groups excluding carboxylic acids is 3. The van der Waals surface area contributed by atoms with Crippen molar-refractivity contribution in [3.05, 3.63) is 49.6 Å². The van der Waals surface area contributed by atoms with E-state index in [0.717, 1.165) is 0 Å². The molecule has 9 nitrogen and oxygen atoms in total. The van der Waals surface area contributed by atoms with Gasteiger partial charge < -0.3 is 29.3 Å². The molecule has 0 radical (unpaired) electrons. The van der Waals surface area contributed by atoms with Gasteiger partial charge in [0.2, 0.25) is 17.7 Å². The van der Waals surface area contributed by atoms with Crippen LogP contribution in [0.3, 0.4) is 0 Å². The van der Waals surface area contributed by atoms with E-state index in [4.69, 9.17) is 9.47 Å². The molecule has 1 spiro atoms. The molecule has 3 heterocycles. The number of hydrogen-bond acceptors (Lipinski definition) is 6. The quantitative estimate of drug-likeness (QED) is 0.280. The number of fused-ring (bicyclic) bond motifs is 1. The number of aliphatic hydroxyl groups excluding tert-OH is 1. The number of likely N-dealkylation sites (tertiary alicyclic amines) is 1. The monoisotopic (exact) mass is 581 g/mol. The highest BCUT2D eigenvalue weighted by atomic mass is 16.5. The smallest absolute Gasteiger partial charge is 0.249 e. The summed E-state index contributed by atoms with van der Waals surface area (Å²) in [5.74, 6) is -1.52. The van der Waals surface area contributed by atoms with Gasteiger partial charge in [-0.2, -0.15) is 0 Å². The maximum absolute atomic E-state index is 14.5. The van der Waals surface area contributed by atoms with Crippen molar-refractivity contribution < 1.29 is 29.0 Å². The lowest BCUT2D eigenvalue weighted by Gasteiger charge is -2.42. The first-order valence-electron chi connectivity index (χ1n) is 15.1. The zero-order chi connectivity index (χ0) is 30.9. The zero-order valence-corrected chi connectivity index (χ0v) is 25.8. The first-order valence-corrected chi connectivity index (χ1v) is 15.1. The van der Waals surface area contributed by atoms with Crippen LogP contribution < -0.4 is 9.64 Å². The largest absolute Gasteiger partial charge is 0.494 e. The lowest BCUT2D eigenvalue weighted by Crippen LogP contribution is -2.60. The van der Waals surface area contributed by atoms with Crippen molar-refractivity contribution in [2.75, 3.05) is 37.7 Å². The molecule has 3 fully saturated rings. The Kier molecular flexibility index (Phi) is 9.23. The molecule has 3 aliphatic heterocycles. The first-order chi connectivity index (χ1) is 19.9. The van der Waals surface area contributed by atoms with Crippen molar-refractivity contribution in [1.82, 2.24) is 9.80 Å². The highest BCUT2D eigenvalue weighted by Gasteiger charge is 2.78. The Labute approximate surface area is 250 Å². The van der Waals surface area contributed by atoms with E-state index < -0.39 is 34.6 Å². The van der Waals surface area contributed by atoms with E-state index >= 15 is 0 Å². The second kappa shape index (κ2) is 12.2. The van der Waals surface area contributed by atoms with Gasteiger partial charge in [-0.25, -0.2) is 0 Å². The Morgan fingerprint density at radius 2 is 1.79 bits per heavy atom. The molecule has 0 aliphatic carbocycles. The van der Waals surface area contributed by atoms with Crippen molar-refractivity contribution >= 4 is 23.4 Å². The molecule has 1 aromatic rings. The fourth-order valence-electron chi connectivity index (χ4n) is 7.20. The number of nitrogens with zero attached hydrogens (tertiary/aromatic N) is 3. The SMILES string of the molecule is C=CCN(C(=O)[C@H]1[C@H]2C(=O)N(CCCCO)C(C(=O)N(CC=C)C(C)(C)C)C23CC[C@]1(C)O3)c1ccc(OCC)cc1. The van der Waals surface area contributed by atoms with Crippen LogP contribution in [0.25, 0.3) is 0 Å². The molecule has 0 saturated carbocycles. The van der Waals surface area contributed by atoms with Gasteiger partial charge in [0, 0.05) is 37.5 Å². The molecule has 0 aromatic heterocycles. The predicted octanol–water partition coefficient (Wildman–Crippen LogP) is 3.95. The second-order valence-electron chi connectivity index (χ2n) is 12.8. The fraction of sp³-hybridized carbons (Fsp3) is 0.606. The van der Waals surface area contributed by atoms with Crippen LogP contribution in [0.2, 0.25) is 0 Å². The summed E-state index contributed by atoms with van der Waals surface area (Å²) >= 11 is 0. The topological polar surface area (TPSA) is 99.6 Å². The van der Waals surface area contributed by atoms with Crippen LogP contribution in [0.4, 0.5) is 5.69 Å². The third-order valence-electron chi connectivity index (χ3n) is 9.01. The van der Waals surface area contributed by atoms with Crippen molar-refractivity contribution in [2.45, 2.75) is 83.1 Å². The number of unbranched alkanes of at least 4 members (excludes halogenated alkanes) is 1. The predicted molar refractivity (Wildman–Crippen MR) is 162 cm³/mol. The summed E-state index contributed by atoms with van der Waals surface area (Å²) in [6, 6.07) is 6.44. The number of aliphatic hydroxyl groups is 1. The van der Waals surface area contributed by atoms with E-state index in [2.05, 4.69) is 13.2 Å². The summed E-state index contributed by atoms with van der Waals surface area (Å²) < 4.78 is 12.4. The molecule has 3 amide bonds. The minimum Gasteiger partial charge on any atom is -0.494 e. The molecular formula is C33H47N3O6. The number of ether oxygens (including phenoxy) is 2. The van der Waals surface area contributed by atoms with Gasteiger partial charge in [-0.3, -0.25) is 14.4 Å². The molecule has 2 unspecified atom stereocenters. The Morgan fingerprint density at radius 3 is 2.36 bits per heavy atom. The standard InChI is InChI=1S/C33H47N3O6/c1-8-19-34(23-13-15-24(16-14-23)41-10-3)28(38)25-26-29(39)35(21-11-12-22-37)27(33(26)18-17-32(25,7)42-33)30(40)36(20-9-2)31(4,5)6/h8-9,13-16,25-27,37H,1-2,10-12,17-22H2,3-7H3/t25-,26+,27?,32+,33?/m1/s1. The summed E-state index contributed by atoms with van der Waals surface area (Å²) in [4.78, 5) is 48.4. The van der Waals surface area contributed by atoms with Crippen LogP contribution in [0, 0.1) is 11.8 Å². The molecule has 1 N–H and O–H groups in total. The van der Waals surface area contributed by atoms with Gasteiger partial charge in [-0.05, 0) is 84.6 Å². The van der Waals surface area contributed by atoms with E-state index in [1.54, 1.807) is 26.9 Å². The number of carbonyl (C=O) groups is 3. The normalized spacial score (nSPS) is 28.0. The Bertz CT molecular complexity index is 1190. The molecule has 2 bridgehead atoms. The lowest BCUT2D eigenvalue weighted by atomic mass is 9.66. The van der Waals surface area contributed by atoms with Crippen molar-refractivity contribution in [1.29, 1.82) is 0 Å². The summed E-state index contributed by atoms with van der Waals surface area (Å²) in [7, 11) is 0. The molecule has 3 saturated heterocycles. The van der Waals surface area contributed by atoms with Crippen LogP contribution in [0.15, 0.2) is 49.6 Å². The second-order valence-corrected chi connectivity index (χ2v) is 12.8. The Morgan fingerprint density at radius 1 is 1.12 bits per heavy atom. The molecule has 5 atom stereocenters. The summed E-state index contributed by atoms with van der Waals surface area (Å²) in [6.07, 6.45) is 5.47. The number of anilines is 1. The van der Waals surface area contributed by atoms with Crippen LogP contribution in [-0.2, 0) is 19.1 Å². The van der Waals surface area contributed by atoms with Gasteiger partial charge >= 0.3 is 0 Å². The van der Waals surface area contributed by atoms with E-state index in [1.807, 2.05) is 58.9 Å². The third-order valence-corrected chi connectivity index (χ3v) is 9.01. The lowest BCUT2D eigenvalue weighted by molar-refractivity contribution is -0.154. The van der Waals surface area contributed by atoms with E-state index in [1.165, 1.54) is 0 Å². The van der Waals surface area contributed by atoms with Crippen molar-refractivity contribution in [2.24, 2.45) is 11.8 Å². The summed E-state index contributed by atoms with van der Waals surface area (Å²) in [6.45, 7) is 18.8. The molecule has 3 aliphatic rings. The Balaban J connectivity index is 1.77. The van der Waals surface area contributed by atoms with Crippen LogP contribution in [-0.4, -0.2) is 88.3 Å².